The fraction of sp³-hybridized carbons (Fsp3) is 0.625. The summed E-state index contributed by atoms with van der Waals surface area (Å²) in [4.78, 5) is 0. The van der Waals surface area contributed by atoms with E-state index < -0.39 is 0 Å². The molecule has 1 aromatic carbocycles. The molecule has 1 aliphatic carbocycles. The van der Waals surface area contributed by atoms with E-state index in [1.54, 1.807) is 0 Å². The quantitative estimate of drug-likeness (QED) is 0.816. The highest BCUT2D eigenvalue weighted by atomic mass is 14.9. The van der Waals surface area contributed by atoms with Gasteiger partial charge in [0, 0.05) is 12.0 Å². The molecule has 1 nitrogen and oxygen atoms in total. The van der Waals surface area contributed by atoms with Crippen LogP contribution in [0, 0.1) is 11.8 Å². The van der Waals surface area contributed by atoms with E-state index in [9.17, 15) is 0 Å². The smallest absolute Gasteiger partial charge is 0.00828 e. The highest BCUT2D eigenvalue weighted by molar-refractivity contribution is 5.29. The van der Waals surface area contributed by atoms with Crippen LogP contribution < -0.4 is 5.32 Å². The van der Waals surface area contributed by atoms with Gasteiger partial charge in [0.05, 0.1) is 0 Å². The second-order valence-electron chi connectivity index (χ2n) is 6.18. The molecule has 17 heavy (non-hydrogen) atoms. The number of hydrogen-bond donors (Lipinski definition) is 1. The molecule has 2 rings (SSSR count). The molecule has 1 heteroatoms. The molecule has 0 radical (unpaired) electrons. The summed E-state index contributed by atoms with van der Waals surface area (Å²) in [6, 6.07) is 11.0. The van der Waals surface area contributed by atoms with Crippen molar-refractivity contribution in [2.45, 2.75) is 39.0 Å². The Morgan fingerprint density at radius 2 is 1.88 bits per heavy atom. The van der Waals surface area contributed by atoms with Crippen molar-refractivity contribution in [3.05, 3.63) is 35.9 Å². The van der Waals surface area contributed by atoms with Gasteiger partial charge in [-0.1, -0.05) is 51.1 Å². The van der Waals surface area contributed by atoms with E-state index in [-0.39, 0.29) is 0 Å². The lowest BCUT2D eigenvalue weighted by Crippen LogP contribution is -2.48. The van der Waals surface area contributed by atoms with Gasteiger partial charge in [-0.25, -0.2) is 0 Å². The zero-order valence-electron chi connectivity index (χ0n) is 11.4. The Kier molecular flexibility index (Phi) is 3.88. The minimum Gasteiger partial charge on any atom is -0.316 e. The minimum atomic E-state index is 0.412. The third-order valence-corrected chi connectivity index (χ3v) is 3.88. The number of rotatable bonds is 5. The molecule has 0 amide bonds. The standard InChI is InChI=1S/C16H25N/c1-13(2)11-17-12-16(9-14(3)10-16)15-7-5-4-6-8-15/h4-8,13-14,17H,9-12H2,1-3H3. The first-order valence-electron chi connectivity index (χ1n) is 6.89. The SMILES string of the molecule is CC(C)CNCC1(c2ccccc2)CC(C)C1. The number of nitrogens with one attached hydrogen (secondary N) is 1. The molecular weight excluding hydrogens is 206 g/mol. The summed E-state index contributed by atoms with van der Waals surface area (Å²) >= 11 is 0. The van der Waals surface area contributed by atoms with E-state index in [4.69, 9.17) is 0 Å². The lowest BCUT2D eigenvalue weighted by Gasteiger charge is -2.47. The predicted octanol–water partition coefficient (Wildman–Crippen LogP) is 3.60. The molecule has 1 N–H and O–H groups in total. The molecule has 0 heterocycles. The first-order valence-corrected chi connectivity index (χ1v) is 6.89. The van der Waals surface area contributed by atoms with Crippen molar-refractivity contribution < 1.29 is 0 Å². The van der Waals surface area contributed by atoms with Gasteiger partial charge in [-0.05, 0) is 36.8 Å². The van der Waals surface area contributed by atoms with Crippen molar-refractivity contribution in [1.29, 1.82) is 0 Å². The Balaban J connectivity index is 2.01. The Morgan fingerprint density at radius 1 is 1.24 bits per heavy atom. The molecule has 0 aliphatic heterocycles. The topological polar surface area (TPSA) is 12.0 Å². The van der Waals surface area contributed by atoms with Crippen molar-refractivity contribution in [3.8, 4) is 0 Å². The van der Waals surface area contributed by atoms with E-state index in [0.29, 0.717) is 5.41 Å². The summed E-state index contributed by atoms with van der Waals surface area (Å²) in [5.74, 6) is 1.62. The van der Waals surface area contributed by atoms with E-state index in [1.165, 1.54) is 18.4 Å². The third-order valence-electron chi connectivity index (χ3n) is 3.88. The first kappa shape index (κ1) is 12.6. The largest absolute Gasteiger partial charge is 0.316 e. The molecular formula is C16H25N. The summed E-state index contributed by atoms with van der Waals surface area (Å²) in [6.45, 7) is 9.17. The van der Waals surface area contributed by atoms with Crippen molar-refractivity contribution in [1.82, 2.24) is 5.32 Å². The summed E-state index contributed by atoms with van der Waals surface area (Å²) in [6.07, 6.45) is 2.67. The second-order valence-corrected chi connectivity index (χ2v) is 6.18. The average Bonchev–Trinajstić information content (AvgIpc) is 2.27. The van der Waals surface area contributed by atoms with Gasteiger partial charge in [0.1, 0.15) is 0 Å². The fourth-order valence-corrected chi connectivity index (χ4v) is 3.15. The monoisotopic (exact) mass is 231 g/mol. The number of hydrogen-bond acceptors (Lipinski definition) is 1. The van der Waals surface area contributed by atoms with Gasteiger partial charge in [0.15, 0.2) is 0 Å². The maximum atomic E-state index is 3.65. The normalized spacial score (nSPS) is 28.1. The number of benzene rings is 1. The molecule has 0 bridgehead atoms. The van der Waals surface area contributed by atoms with Gasteiger partial charge >= 0.3 is 0 Å². The summed E-state index contributed by atoms with van der Waals surface area (Å²) in [5.41, 5.74) is 1.93. The molecule has 0 spiro atoms. The van der Waals surface area contributed by atoms with E-state index in [0.717, 1.165) is 24.9 Å². The van der Waals surface area contributed by atoms with Crippen LogP contribution in [0.15, 0.2) is 30.3 Å². The van der Waals surface area contributed by atoms with Crippen LogP contribution in [0.1, 0.15) is 39.2 Å². The first-order chi connectivity index (χ1) is 8.12. The molecule has 1 fully saturated rings. The Hall–Kier alpha value is -0.820. The molecule has 0 saturated heterocycles. The van der Waals surface area contributed by atoms with Crippen LogP contribution in [0.4, 0.5) is 0 Å². The van der Waals surface area contributed by atoms with Crippen molar-refractivity contribution in [3.63, 3.8) is 0 Å². The van der Waals surface area contributed by atoms with Crippen LogP contribution in [0.25, 0.3) is 0 Å². The third kappa shape index (κ3) is 2.90. The lowest BCUT2D eigenvalue weighted by atomic mass is 9.59. The summed E-state index contributed by atoms with van der Waals surface area (Å²) < 4.78 is 0. The minimum absolute atomic E-state index is 0.412. The molecule has 0 aromatic heterocycles. The Morgan fingerprint density at radius 3 is 2.41 bits per heavy atom. The lowest BCUT2D eigenvalue weighted by molar-refractivity contribution is 0.151. The van der Waals surface area contributed by atoms with Crippen molar-refractivity contribution in [2.24, 2.45) is 11.8 Å². The molecule has 94 valence electrons. The average molecular weight is 231 g/mol. The van der Waals surface area contributed by atoms with Crippen LogP contribution in [0.5, 0.6) is 0 Å². The van der Waals surface area contributed by atoms with E-state index >= 15 is 0 Å². The fourth-order valence-electron chi connectivity index (χ4n) is 3.15. The highest BCUT2D eigenvalue weighted by Crippen LogP contribution is 2.47. The predicted molar refractivity (Wildman–Crippen MR) is 74.2 cm³/mol. The van der Waals surface area contributed by atoms with Crippen molar-refractivity contribution in [2.75, 3.05) is 13.1 Å². The van der Waals surface area contributed by atoms with Gasteiger partial charge in [-0.2, -0.15) is 0 Å². The van der Waals surface area contributed by atoms with Crippen LogP contribution in [0.2, 0.25) is 0 Å². The van der Waals surface area contributed by atoms with Crippen LogP contribution >= 0.6 is 0 Å². The molecule has 1 aromatic rings. The molecule has 1 aliphatic rings. The van der Waals surface area contributed by atoms with Gasteiger partial charge in [-0.15, -0.1) is 0 Å². The maximum absolute atomic E-state index is 3.65. The highest BCUT2D eigenvalue weighted by Gasteiger charge is 2.42. The van der Waals surface area contributed by atoms with E-state index in [1.807, 2.05) is 0 Å². The molecule has 1 saturated carbocycles. The Bertz CT molecular complexity index is 336. The molecule has 0 unspecified atom stereocenters. The Labute approximate surface area is 106 Å². The van der Waals surface area contributed by atoms with Gasteiger partial charge < -0.3 is 5.32 Å². The maximum Gasteiger partial charge on any atom is 0.00828 e. The van der Waals surface area contributed by atoms with Gasteiger partial charge in [0.2, 0.25) is 0 Å². The van der Waals surface area contributed by atoms with Crippen molar-refractivity contribution >= 4 is 0 Å². The van der Waals surface area contributed by atoms with Gasteiger partial charge in [-0.3, -0.25) is 0 Å². The van der Waals surface area contributed by atoms with Crippen LogP contribution in [0.3, 0.4) is 0 Å². The van der Waals surface area contributed by atoms with Crippen LogP contribution in [-0.2, 0) is 5.41 Å². The molecule has 0 atom stereocenters. The second kappa shape index (κ2) is 5.22. The zero-order chi connectivity index (χ0) is 12.3. The van der Waals surface area contributed by atoms with Crippen LogP contribution in [-0.4, -0.2) is 13.1 Å². The van der Waals surface area contributed by atoms with Gasteiger partial charge in [0.25, 0.3) is 0 Å². The van der Waals surface area contributed by atoms with E-state index in [2.05, 4.69) is 56.4 Å². The zero-order valence-corrected chi connectivity index (χ0v) is 11.4. The summed E-state index contributed by atoms with van der Waals surface area (Å²) in [7, 11) is 0. The summed E-state index contributed by atoms with van der Waals surface area (Å²) in [5, 5.41) is 3.65.